The number of pyridine rings is 1. The molecule has 3 N–H and O–H groups in total. The number of alkyl carbamates (subject to hydrolysis) is 1. The monoisotopic (exact) mass is 692 g/mol. The number of fused-ring (bicyclic) bond motifs is 1. The summed E-state index contributed by atoms with van der Waals surface area (Å²) in [5, 5.41) is 16.3. The van der Waals surface area contributed by atoms with Crippen molar-refractivity contribution in [3.8, 4) is 11.5 Å². The van der Waals surface area contributed by atoms with Crippen LogP contribution in [0.3, 0.4) is 0 Å². The Morgan fingerprint density at radius 1 is 1.08 bits per heavy atom. The fourth-order valence-electron chi connectivity index (χ4n) is 7.14. The number of nitrogens with one attached hydrogen (secondary N) is 2. The maximum Gasteiger partial charge on any atom is 0.408 e. The molecule has 50 heavy (non-hydrogen) atoms. The van der Waals surface area contributed by atoms with E-state index in [1.807, 2.05) is 45.0 Å². The second-order valence-corrected chi connectivity index (χ2v) is 16.0. The van der Waals surface area contributed by atoms with E-state index in [1.165, 1.54) is 17.4 Å². The molecule has 0 bridgehead atoms. The average Bonchev–Trinajstić information content (AvgIpc) is 3.61. The van der Waals surface area contributed by atoms with Crippen LogP contribution in [0, 0.1) is 11.3 Å². The summed E-state index contributed by atoms with van der Waals surface area (Å²) in [6, 6.07) is 5.46. The molecule has 272 valence electrons. The lowest BCUT2D eigenvalue weighted by atomic mass is 9.85. The van der Waals surface area contributed by atoms with E-state index in [9.17, 15) is 24.3 Å². The Labute approximate surface area is 294 Å². The topological polar surface area (TPSA) is 156 Å². The van der Waals surface area contributed by atoms with E-state index < -0.39 is 64.5 Å². The summed E-state index contributed by atoms with van der Waals surface area (Å²) in [6.45, 7) is 14.4. The fraction of sp³-hybridized carbons (Fsp3) is 0.605. The highest BCUT2D eigenvalue weighted by molar-refractivity contribution is 5.96. The van der Waals surface area contributed by atoms with Gasteiger partial charge in [0.2, 0.25) is 11.8 Å². The number of carboxylic acid groups (broad SMARTS) is 1. The van der Waals surface area contributed by atoms with Gasteiger partial charge in [0.25, 0.3) is 0 Å². The Morgan fingerprint density at radius 3 is 2.36 bits per heavy atom. The van der Waals surface area contributed by atoms with Crippen LogP contribution in [0.4, 0.5) is 4.79 Å². The number of carbonyl (C=O) groups excluding carboxylic acids is 3. The van der Waals surface area contributed by atoms with Crippen LogP contribution in [0.2, 0.25) is 0 Å². The molecule has 2 aliphatic carbocycles. The minimum absolute atomic E-state index is 0.0309. The molecule has 1 aromatic heterocycles. The molecule has 5 atom stereocenters. The molecule has 2 aromatic rings. The van der Waals surface area contributed by atoms with Gasteiger partial charge in [-0.2, -0.15) is 0 Å². The van der Waals surface area contributed by atoms with E-state index in [0.717, 1.165) is 42.3 Å². The fourth-order valence-corrected chi connectivity index (χ4v) is 7.14. The van der Waals surface area contributed by atoms with E-state index in [4.69, 9.17) is 19.2 Å². The van der Waals surface area contributed by atoms with Crippen molar-refractivity contribution in [3.63, 3.8) is 0 Å². The predicted molar refractivity (Wildman–Crippen MR) is 188 cm³/mol. The maximum absolute atomic E-state index is 14.4. The number of benzene rings is 1. The minimum Gasteiger partial charge on any atom is -0.497 e. The number of carboxylic acids is 1. The highest BCUT2D eigenvalue weighted by Crippen LogP contribution is 2.45. The lowest BCUT2D eigenvalue weighted by Crippen LogP contribution is -2.59. The first-order chi connectivity index (χ1) is 23.5. The zero-order valence-electron chi connectivity index (χ0n) is 30.3. The van der Waals surface area contributed by atoms with E-state index in [1.54, 1.807) is 27.9 Å². The maximum atomic E-state index is 14.4. The number of ether oxygens (including phenoxy) is 3. The smallest absolute Gasteiger partial charge is 0.408 e. The summed E-state index contributed by atoms with van der Waals surface area (Å²) in [7, 11) is 1.61. The molecule has 5 rings (SSSR count). The van der Waals surface area contributed by atoms with Gasteiger partial charge in [-0.05, 0) is 57.6 Å². The molecule has 3 fully saturated rings. The third kappa shape index (κ3) is 8.00. The van der Waals surface area contributed by atoms with Crippen LogP contribution >= 0.6 is 0 Å². The van der Waals surface area contributed by atoms with Crippen molar-refractivity contribution in [2.24, 2.45) is 11.3 Å². The van der Waals surface area contributed by atoms with Crippen LogP contribution in [0.15, 0.2) is 36.9 Å². The quantitative estimate of drug-likeness (QED) is 0.265. The van der Waals surface area contributed by atoms with Gasteiger partial charge in [-0.1, -0.05) is 46.1 Å². The first-order valence-electron chi connectivity index (χ1n) is 17.6. The van der Waals surface area contributed by atoms with Crippen LogP contribution in [0.5, 0.6) is 11.5 Å². The highest BCUT2D eigenvalue weighted by Gasteiger charge is 2.61. The summed E-state index contributed by atoms with van der Waals surface area (Å²) in [6.07, 6.45) is 5.98. The molecule has 1 aliphatic heterocycles. The van der Waals surface area contributed by atoms with Crippen LogP contribution in [-0.4, -0.2) is 81.8 Å². The predicted octanol–water partition coefficient (Wildman–Crippen LogP) is 5.72. The van der Waals surface area contributed by atoms with Gasteiger partial charge >= 0.3 is 12.1 Å². The van der Waals surface area contributed by atoms with Crippen molar-refractivity contribution in [2.75, 3.05) is 13.7 Å². The molecule has 0 radical (unpaired) electrons. The second-order valence-electron chi connectivity index (χ2n) is 16.0. The normalized spacial score (nSPS) is 24.6. The molecule has 2 heterocycles. The second kappa shape index (κ2) is 14.1. The van der Waals surface area contributed by atoms with E-state index in [-0.39, 0.29) is 25.3 Å². The number of likely N-dealkylation sites (tertiary alicyclic amines) is 1. The SMILES string of the molecule is C=C[C@H]1CC1(NC(=O)[C@@H]1C[C@@H](Oc2cc(C3CCCCC3)nc3cc(OC)ccc23)CN1C(=O)[C@@H](NC(=O)OC(C)(C)C)C(C)(C)C)C(=O)O. The van der Waals surface area contributed by atoms with Gasteiger partial charge < -0.3 is 34.9 Å². The van der Waals surface area contributed by atoms with Crippen molar-refractivity contribution in [2.45, 2.75) is 122 Å². The Hall–Kier alpha value is -4.35. The highest BCUT2D eigenvalue weighted by atomic mass is 16.6. The van der Waals surface area contributed by atoms with Gasteiger partial charge in [-0.15, -0.1) is 6.58 Å². The number of hydrogen-bond acceptors (Lipinski definition) is 8. The van der Waals surface area contributed by atoms with Gasteiger partial charge in [0.05, 0.1) is 19.2 Å². The molecule has 0 spiro atoms. The summed E-state index contributed by atoms with van der Waals surface area (Å²) in [5.41, 5.74) is -1.39. The molecule has 3 aliphatic rings. The number of hydrogen-bond donors (Lipinski definition) is 3. The van der Waals surface area contributed by atoms with E-state index in [2.05, 4.69) is 17.2 Å². The molecule has 1 saturated heterocycles. The van der Waals surface area contributed by atoms with E-state index >= 15 is 0 Å². The van der Waals surface area contributed by atoms with Gasteiger partial charge in [-0.3, -0.25) is 14.6 Å². The van der Waals surface area contributed by atoms with E-state index in [0.29, 0.717) is 11.5 Å². The van der Waals surface area contributed by atoms with Gasteiger partial charge in [0.15, 0.2) is 0 Å². The number of methoxy groups -OCH3 is 1. The summed E-state index contributed by atoms with van der Waals surface area (Å²) in [5.74, 6) is -1.15. The molecule has 12 nitrogen and oxygen atoms in total. The number of rotatable bonds is 10. The number of nitrogens with zero attached hydrogens (tertiary/aromatic N) is 2. The Balaban J connectivity index is 1.49. The largest absolute Gasteiger partial charge is 0.497 e. The molecular formula is C38H52N4O8. The van der Waals surface area contributed by atoms with Crippen LogP contribution in [-0.2, 0) is 19.1 Å². The van der Waals surface area contributed by atoms with Crippen molar-refractivity contribution in [1.29, 1.82) is 0 Å². The van der Waals surface area contributed by atoms with Crippen LogP contribution in [0.25, 0.3) is 10.9 Å². The molecule has 1 aromatic carbocycles. The molecular weight excluding hydrogens is 640 g/mol. The van der Waals surface area contributed by atoms with Crippen LogP contribution < -0.4 is 20.1 Å². The van der Waals surface area contributed by atoms with Crippen LogP contribution in [0.1, 0.15) is 98.1 Å². The standard InChI is InChI=1S/C38H52N4O8/c1-9-23-20-38(23,34(45)46)41-32(43)29-18-25(21-42(29)33(44)31(36(2,3)4)40-35(47)50-37(5,6)7)49-30-19-27(22-13-11-10-12-14-22)39-28-17-24(48-8)15-16-26(28)30/h9,15-17,19,22-23,25,29,31H,1,10-14,18,20-21H2,2-8H3,(H,40,47)(H,41,43)(H,45,46)/t23-,25+,29-,31+,38?/m0/s1. The Bertz CT molecular complexity index is 1640. The molecule has 2 saturated carbocycles. The number of aromatic nitrogens is 1. The average molecular weight is 693 g/mol. The van der Waals surface area contributed by atoms with Gasteiger partial charge in [-0.25, -0.2) is 9.59 Å². The lowest BCUT2D eigenvalue weighted by molar-refractivity contribution is -0.146. The summed E-state index contributed by atoms with van der Waals surface area (Å²) >= 11 is 0. The Kier molecular flexibility index (Phi) is 10.4. The van der Waals surface area contributed by atoms with Crippen molar-refractivity contribution in [3.05, 3.63) is 42.6 Å². The number of amides is 3. The number of carbonyl (C=O) groups is 4. The summed E-state index contributed by atoms with van der Waals surface area (Å²) in [4.78, 5) is 60.1. The van der Waals surface area contributed by atoms with Gasteiger partial charge in [0.1, 0.15) is 40.8 Å². The first-order valence-corrected chi connectivity index (χ1v) is 17.6. The van der Waals surface area contributed by atoms with Gasteiger partial charge in [0, 0.05) is 41.5 Å². The number of aliphatic carboxylic acids is 1. The zero-order valence-corrected chi connectivity index (χ0v) is 30.3. The van der Waals surface area contributed by atoms with Crippen molar-refractivity contribution < 1.29 is 38.5 Å². The summed E-state index contributed by atoms with van der Waals surface area (Å²) < 4.78 is 17.7. The van der Waals surface area contributed by atoms with Crippen molar-refractivity contribution in [1.82, 2.24) is 20.5 Å². The molecule has 1 unspecified atom stereocenters. The third-order valence-electron chi connectivity index (χ3n) is 9.97. The van der Waals surface area contributed by atoms with Crippen molar-refractivity contribution >= 4 is 34.8 Å². The Morgan fingerprint density at radius 2 is 1.78 bits per heavy atom. The third-order valence-corrected chi connectivity index (χ3v) is 9.97. The zero-order chi connectivity index (χ0) is 36.6. The molecule has 3 amide bonds. The lowest BCUT2D eigenvalue weighted by Gasteiger charge is -2.35. The first kappa shape index (κ1) is 36.9. The minimum atomic E-state index is -1.49. The molecule has 12 heteroatoms.